The standard InChI is InChI=1S/C21H32IN5O/c1-27(13-9-8-12-22)19-17-14-24-26-20(17)23-15-18(19)25-21(28)16-10-6-4-2-3-5-7-11-16/h14-16H,2-13H2,1H3,(H,25,28)(H,23,24,26). The van der Waals surface area contributed by atoms with E-state index in [0.29, 0.717) is 0 Å². The number of H-pyrrole nitrogens is 1. The van der Waals surface area contributed by atoms with Gasteiger partial charge in [-0.15, -0.1) is 0 Å². The van der Waals surface area contributed by atoms with Gasteiger partial charge in [0.15, 0.2) is 5.65 Å². The number of hydrogen-bond acceptors (Lipinski definition) is 4. The first-order valence-electron chi connectivity index (χ1n) is 10.6. The zero-order chi connectivity index (χ0) is 19.8. The number of pyridine rings is 1. The van der Waals surface area contributed by atoms with Crippen LogP contribution in [0, 0.1) is 5.92 Å². The van der Waals surface area contributed by atoms with Gasteiger partial charge in [-0.05, 0) is 30.1 Å². The van der Waals surface area contributed by atoms with E-state index in [0.717, 1.165) is 65.5 Å². The third-order valence-electron chi connectivity index (χ3n) is 5.69. The van der Waals surface area contributed by atoms with Gasteiger partial charge in [-0.1, -0.05) is 61.1 Å². The minimum Gasteiger partial charge on any atom is -0.372 e. The highest BCUT2D eigenvalue weighted by molar-refractivity contribution is 14.1. The maximum atomic E-state index is 13.1. The van der Waals surface area contributed by atoms with Crippen LogP contribution in [0.3, 0.4) is 0 Å². The van der Waals surface area contributed by atoms with E-state index in [9.17, 15) is 4.79 Å². The molecule has 0 atom stereocenters. The second-order valence-electron chi connectivity index (χ2n) is 7.86. The molecule has 0 saturated heterocycles. The number of amides is 1. The van der Waals surface area contributed by atoms with Gasteiger partial charge in [0.2, 0.25) is 5.91 Å². The van der Waals surface area contributed by atoms with Crippen LogP contribution in [0.15, 0.2) is 12.4 Å². The van der Waals surface area contributed by atoms with Crippen molar-refractivity contribution < 1.29 is 4.79 Å². The summed E-state index contributed by atoms with van der Waals surface area (Å²) < 4.78 is 1.16. The summed E-state index contributed by atoms with van der Waals surface area (Å²) in [4.78, 5) is 19.8. The Morgan fingerprint density at radius 1 is 1.18 bits per heavy atom. The van der Waals surface area contributed by atoms with Gasteiger partial charge in [0.1, 0.15) is 0 Å². The Hall–Kier alpha value is -1.38. The summed E-state index contributed by atoms with van der Waals surface area (Å²) in [6.07, 6.45) is 15.3. The maximum Gasteiger partial charge on any atom is 0.227 e. The van der Waals surface area contributed by atoms with Crippen LogP contribution in [0.5, 0.6) is 0 Å². The van der Waals surface area contributed by atoms with Gasteiger partial charge in [-0.25, -0.2) is 4.98 Å². The summed E-state index contributed by atoms with van der Waals surface area (Å²) in [7, 11) is 2.09. The SMILES string of the molecule is CN(CCCCI)c1c(NC(=O)C2CCCCCCCC2)cnc2[nH]ncc12. The molecule has 28 heavy (non-hydrogen) atoms. The van der Waals surface area contributed by atoms with Crippen molar-refractivity contribution in [2.24, 2.45) is 5.92 Å². The average Bonchev–Trinajstić information content (AvgIpc) is 3.20. The molecule has 3 rings (SSSR count). The molecule has 0 aliphatic heterocycles. The van der Waals surface area contributed by atoms with E-state index in [1.807, 2.05) is 6.20 Å². The van der Waals surface area contributed by atoms with E-state index in [1.165, 1.54) is 32.1 Å². The number of aromatic amines is 1. The Labute approximate surface area is 181 Å². The van der Waals surface area contributed by atoms with Gasteiger partial charge in [-0.2, -0.15) is 5.10 Å². The Morgan fingerprint density at radius 3 is 2.61 bits per heavy atom. The molecule has 7 heteroatoms. The van der Waals surface area contributed by atoms with Crippen LogP contribution in [-0.2, 0) is 4.79 Å². The fourth-order valence-corrected chi connectivity index (χ4v) is 4.61. The molecule has 2 heterocycles. The lowest BCUT2D eigenvalue weighted by Crippen LogP contribution is -2.26. The molecule has 1 aliphatic carbocycles. The van der Waals surface area contributed by atoms with Crippen LogP contribution < -0.4 is 10.2 Å². The number of carbonyl (C=O) groups excluding carboxylic acids is 1. The van der Waals surface area contributed by atoms with Crippen molar-refractivity contribution in [1.29, 1.82) is 0 Å². The minimum absolute atomic E-state index is 0.107. The highest BCUT2D eigenvalue weighted by Crippen LogP contribution is 2.33. The fraction of sp³-hybridized carbons (Fsp3) is 0.667. The third kappa shape index (κ3) is 5.58. The molecule has 0 bridgehead atoms. The van der Waals surface area contributed by atoms with Crippen molar-refractivity contribution in [2.75, 3.05) is 28.2 Å². The number of unbranched alkanes of at least 4 members (excludes halogenated alkanes) is 1. The molecule has 2 aromatic heterocycles. The molecular formula is C21H32IN5O. The second-order valence-corrected chi connectivity index (χ2v) is 8.93. The predicted octanol–water partition coefficient (Wildman–Crippen LogP) is 5.30. The highest BCUT2D eigenvalue weighted by Gasteiger charge is 2.22. The van der Waals surface area contributed by atoms with Crippen molar-refractivity contribution in [3.8, 4) is 0 Å². The lowest BCUT2D eigenvalue weighted by molar-refractivity contribution is -0.120. The fourth-order valence-electron chi connectivity index (χ4n) is 4.07. The zero-order valence-corrected chi connectivity index (χ0v) is 19.0. The number of nitrogens with zero attached hydrogens (tertiary/aromatic N) is 3. The lowest BCUT2D eigenvalue weighted by Gasteiger charge is -2.24. The zero-order valence-electron chi connectivity index (χ0n) is 16.8. The number of fused-ring (bicyclic) bond motifs is 1. The molecule has 2 N–H and O–H groups in total. The van der Waals surface area contributed by atoms with Crippen LogP contribution in [0.25, 0.3) is 11.0 Å². The Morgan fingerprint density at radius 2 is 1.89 bits per heavy atom. The second kappa shape index (κ2) is 11.0. The van der Waals surface area contributed by atoms with Crippen molar-refractivity contribution in [3.05, 3.63) is 12.4 Å². The number of rotatable bonds is 7. The van der Waals surface area contributed by atoms with Crippen LogP contribution >= 0.6 is 22.6 Å². The molecule has 1 saturated carbocycles. The summed E-state index contributed by atoms with van der Waals surface area (Å²) in [6, 6.07) is 0. The molecule has 0 spiro atoms. The van der Waals surface area contributed by atoms with E-state index in [4.69, 9.17) is 0 Å². The summed E-state index contributed by atoms with van der Waals surface area (Å²) >= 11 is 2.42. The van der Waals surface area contributed by atoms with Crippen LogP contribution in [-0.4, -0.2) is 39.1 Å². The van der Waals surface area contributed by atoms with Crippen molar-refractivity contribution in [3.63, 3.8) is 0 Å². The van der Waals surface area contributed by atoms with Crippen LogP contribution in [0.4, 0.5) is 11.4 Å². The van der Waals surface area contributed by atoms with Crippen molar-refractivity contribution >= 4 is 50.9 Å². The highest BCUT2D eigenvalue weighted by atomic mass is 127. The molecule has 6 nitrogen and oxygen atoms in total. The monoisotopic (exact) mass is 497 g/mol. The molecule has 1 amide bonds. The number of halogens is 1. The molecule has 0 unspecified atom stereocenters. The first-order valence-corrected chi connectivity index (χ1v) is 12.1. The van der Waals surface area contributed by atoms with Crippen LogP contribution in [0.2, 0.25) is 0 Å². The minimum atomic E-state index is 0.107. The number of carbonyl (C=O) groups is 1. The van der Waals surface area contributed by atoms with E-state index >= 15 is 0 Å². The maximum absolute atomic E-state index is 13.1. The van der Waals surface area contributed by atoms with E-state index in [1.54, 1.807) is 6.20 Å². The summed E-state index contributed by atoms with van der Waals surface area (Å²) in [6.45, 7) is 0.944. The molecule has 0 radical (unpaired) electrons. The number of alkyl halides is 1. The Kier molecular flexibility index (Phi) is 8.36. The number of hydrogen-bond donors (Lipinski definition) is 2. The summed E-state index contributed by atoms with van der Waals surface area (Å²) in [5.74, 6) is 0.254. The molecular weight excluding hydrogens is 465 g/mol. The lowest BCUT2D eigenvalue weighted by atomic mass is 9.96. The molecule has 1 fully saturated rings. The number of anilines is 2. The molecule has 1 aliphatic rings. The third-order valence-corrected chi connectivity index (χ3v) is 6.46. The number of nitrogens with one attached hydrogen (secondary N) is 2. The Balaban J connectivity index is 1.78. The van der Waals surface area contributed by atoms with E-state index < -0.39 is 0 Å². The van der Waals surface area contributed by atoms with Crippen LogP contribution in [0.1, 0.15) is 64.2 Å². The normalized spacial score (nSPS) is 16.4. The first-order chi connectivity index (χ1) is 13.7. The quantitative estimate of drug-likeness (QED) is 0.310. The topological polar surface area (TPSA) is 73.9 Å². The Bertz CT molecular complexity index is 752. The molecule has 0 aromatic carbocycles. The van der Waals surface area contributed by atoms with Gasteiger partial charge in [0.05, 0.1) is 29.2 Å². The number of aromatic nitrogens is 3. The average molecular weight is 497 g/mol. The van der Waals surface area contributed by atoms with Gasteiger partial charge in [0, 0.05) is 19.5 Å². The van der Waals surface area contributed by atoms with Gasteiger partial charge < -0.3 is 10.2 Å². The van der Waals surface area contributed by atoms with Crippen molar-refractivity contribution in [2.45, 2.75) is 64.2 Å². The van der Waals surface area contributed by atoms with E-state index in [2.05, 4.69) is 55.0 Å². The summed E-state index contributed by atoms with van der Waals surface area (Å²) in [5, 5.41) is 11.3. The van der Waals surface area contributed by atoms with E-state index in [-0.39, 0.29) is 11.8 Å². The van der Waals surface area contributed by atoms with Crippen molar-refractivity contribution in [1.82, 2.24) is 15.2 Å². The molecule has 154 valence electrons. The smallest absolute Gasteiger partial charge is 0.227 e. The van der Waals surface area contributed by atoms with Gasteiger partial charge >= 0.3 is 0 Å². The first kappa shape index (κ1) is 21.3. The predicted molar refractivity (Wildman–Crippen MR) is 124 cm³/mol. The largest absolute Gasteiger partial charge is 0.372 e. The summed E-state index contributed by atoms with van der Waals surface area (Å²) in [5.41, 5.74) is 2.58. The van der Waals surface area contributed by atoms with Gasteiger partial charge in [0.25, 0.3) is 0 Å². The molecule has 2 aromatic rings. The van der Waals surface area contributed by atoms with Gasteiger partial charge in [-0.3, -0.25) is 9.89 Å².